The second-order valence-corrected chi connectivity index (χ2v) is 8.09. The minimum absolute atomic E-state index is 0.428. The van der Waals surface area contributed by atoms with Gasteiger partial charge in [0.2, 0.25) is 34.8 Å². The van der Waals surface area contributed by atoms with Crippen LogP contribution in [-0.4, -0.2) is 11.0 Å². The number of aromatic nitrogens is 1. The van der Waals surface area contributed by atoms with Crippen LogP contribution in [0.1, 0.15) is 41.1 Å². The molecule has 1 atom stereocenters. The van der Waals surface area contributed by atoms with Gasteiger partial charge in [0.05, 0.1) is 0 Å². The van der Waals surface area contributed by atoms with Crippen molar-refractivity contribution >= 4 is 16.9 Å². The Morgan fingerprint density at radius 3 is 2.16 bits per heavy atom. The number of carbonyl (C=O) groups is 1. The zero-order chi connectivity index (χ0) is 22.0. The lowest BCUT2D eigenvalue weighted by molar-refractivity contribution is 0.0714. The van der Waals surface area contributed by atoms with E-state index in [9.17, 15) is 31.5 Å². The van der Waals surface area contributed by atoms with E-state index in [1.165, 1.54) is 12.8 Å². The molecule has 4 nitrogen and oxygen atoms in total. The Morgan fingerprint density at radius 1 is 0.903 bits per heavy atom. The van der Waals surface area contributed by atoms with E-state index in [-0.39, 0.29) is 0 Å². The van der Waals surface area contributed by atoms with Crippen LogP contribution in [-0.2, 0) is 0 Å². The molecule has 2 aromatic carbocycles. The van der Waals surface area contributed by atoms with E-state index in [1.54, 1.807) is 6.07 Å². The van der Waals surface area contributed by atoms with Gasteiger partial charge in [-0.15, -0.1) is 0 Å². The summed E-state index contributed by atoms with van der Waals surface area (Å²) in [6.07, 6.45) is 3.52. The molecule has 0 spiro atoms. The number of H-pyrrole nitrogens is 1. The number of rotatable bonds is 3. The quantitative estimate of drug-likeness (QED) is 0.208. The number of carbonyl (C=O) groups excluding carboxylic acids is 1. The molecule has 0 aliphatic heterocycles. The summed E-state index contributed by atoms with van der Waals surface area (Å²) in [5.41, 5.74) is 0.0193. The van der Waals surface area contributed by atoms with Crippen LogP contribution in [0.4, 0.5) is 22.0 Å². The molecule has 1 N–H and O–H groups in total. The van der Waals surface area contributed by atoms with E-state index in [1.807, 2.05) is 12.1 Å². The molecule has 3 saturated carbocycles. The lowest BCUT2D eigenvalue weighted by Gasteiger charge is -2.24. The van der Waals surface area contributed by atoms with Crippen LogP contribution in [0.15, 0.2) is 29.1 Å². The Balaban J connectivity index is 1.48. The largest absolute Gasteiger partial charge is 0.416 e. The predicted octanol–water partition coefficient (Wildman–Crippen LogP) is 4.96. The normalized spacial score (nSPS) is 21.9. The number of benzene rings is 2. The van der Waals surface area contributed by atoms with Crippen molar-refractivity contribution in [1.29, 1.82) is 0 Å². The van der Waals surface area contributed by atoms with E-state index < -0.39 is 51.9 Å². The number of hydrogen-bond acceptors (Lipinski definition) is 3. The van der Waals surface area contributed by atoms with Crippen LogP contribution < -0.4 is 10.3 Å². The summed E-state index contributed by atoms with van der Waals surface area (Å²) < 4.78 is 71.7. The Hall–Kier alpha value is -3.23. The molecule has 0 saturated heterocycles. The average molecular weight is 435 g/mol. The summed E-state index contributed by atoms with van der Waals surface area (Å²) >= 11 is 0. The van der Waals surface area contributed by atoms with Crippen LogP contribution in [0.5, 0.6) is 5.75 Å². The third-order valence-corrected chi connectivity index (χ3v) is 6.31. The number of aromatic amines is 1. The summed E-state index contributed by atoms with van der Waals surface area (Å²) in [6, 6.07) is 6.58. The molecule has 160 valence electrons. The van der Waals surface area contributed by atoms with Crippen molar-refractivity contribution < 1.29 is 31.5 Å². The van der Waals surface area contributed by atoms with Gasteiger partial charge in [0, 0.05) is 5.52 Å². The molecule has 1 heterocycles. The van der Waals surface area contributed by atoms with Crippen LogP contribution in [0.25, 0.3) is 10.9 Å². The molecular weight excluding hydrogens is 421 g/mol. The van der Waals surface area contributed by atoms with E-state index in [0.717, 1.165) is 24.0 Å². The predicted molar refractivity (Wildman–Crippen MR) is 99.3 cm³/mol. The molecular formula is C22H14F5NO3. The van der Waals surface area contributed by atoms with Crippen LogP contribution in [0.2, 0.25) is 0 Å². The Morgan fingerprint density at radius 2 is 1.55 bits per heavy atom. The van der Waals surface area contributed by atoms with Gasteiger partial charge in [-0.2, -0.15) is 8.78 Å². The maximum atomic E-state index is 13.8. The van der Waals surface area contributed by atoms with Crippen molar-refractivity contribution in [1.82, 2.24) is 4.98 Å². The van der Waals surface area contributed by atoms with E-state index in [2.05, 4.69) is 9.72 Å². The number of pyridine rings is 1. The third kappa shape index (κ3) is 3.02. The van der Waals surface area contributed by atoms with Gasteiger partial charge in [0.1, 0.15) is 5.56 Å². The summed E-state index contributed by atoms with van der Waals surface area (Å²) in [4.78, 5) is 27.2. The molecule has 1 unspecified atom stereocenters. The first kappa shape index (κ1) is 19.7. The molecule has 0 radical (unpaired) electrons. The fourth-order valence-electron chi connectivity index (χ4n) is 4.69. The van der Waals surface area contributed by atoms with Crippen LogP contribution >= 0.6 is 0 Å². The molecule has 0 amide bonds. The SMILES string of the molecule is O=C(Oc1c(F)c(F)c(F)c(F)c1F)c1cc2ccc(C3CC4CC3C4)cc2[nH]c1=O. The van der Waals surface area contributed by atoms with Crippen molar-refractivity contribution in [2.45, 2.75) is 25.2 Å². The summed E-state index contributed by atoms with van der Waals surface area (Å²) in [6.45, 7) is 0. The maximum Gasteiger partial charge on any atom is 0.349 e. The van der Waals surface area contributed by atoms with Gasteiger partial charge in [0.15, 0.2) is 0 Å². The van der Waals surface area contributed by atoms with Gasteiger partial charge in [-0.1, -0.05) is 12.1 Å². The molecule has 31 heavy (non-hydrogen) atoms. The molecule has 2 bridgehead atoms. The number of esters is 1. The van der Waals surface area contributed by atoms with Gasteiger partial charge in [0.25, 0.3) is 5.56 Å². The molecule has 1 aromatic heterocycles. The molecule has 3 aliphatic rings. The number of fused-ring (bicyclic) bond motifs is 2. The van der Waals surface area contributed by atoms with Crippen molar-refractivity contribution in [3.05, 3.63) is 74.8 Å². The first-order valence-electron chi connectivity index (χ1n) is 9.65. The monoisotopic (exact) mass is 435 g/mol. The van der Waals surface area contributed by atoms with E-state index in [0.29, 0.717) is 22.7 Å². The van der Waals surface area contributed by atoms with Crippen molar-refractivity contribution in [3.63, 3.8) is 0 Å². The Labute approximate surface area is 171 Å². The number of hydrogen-bond donors (Lipinski definition) is 1. The van der Waals surface area contributed by atoms with Crippen LogP contribution in [0, 0.1) is 40.9 Å². The molecule has 6 rings (SSSR count). The summed E-state index contributed by atoms with van der Waals surface area (Å²) in [7, 11) is 0. The fraction of sp³-hybridized carbons (Fsp3) is 0.273. The smallest absolute Gasteiger partial charge is 0.349 e. The van der Waals surface area contributed by atoms with E-state index >= 15 is 0 Å². The van der Waals surface area contributed by atoms with E-state index in [4.69, 9.17) is 0 Å². The highest BCUT2D eigenvalue weighted by molar-refractivity contribution is 5.94. The zero-order valence-electron chi connectivity index (χ0n) is 15.8. The Bertz CT molecular complexity index is 1280. The lowest BCUT2D eigenvalue weighted by atomic mass is 9.81. The van der Waals surface area contributed by atoms with Gasteiger partial charge in [-0.3, -0.25) is 4.79 Å². The van der Waals surface area contributed by atoms with Crippen molar-refractivity contribution in [2.24, 2.45) is 11.8 Å². The van der Waals surface area contributed by atoms with Crippen molar-refractivity contribution in [3.8, 4) is 5.75 Å². The van der Waals surface area contributed by atoms with Gasteiger partial charge in [-0.25, -0.2) is 18.0 Å². The molecule has 3 fully saturated rings. The number of ether oxygens (including phenoxy) is 1. The minimum Gasteiger partial charge on any atom is -0.416 e. The first-order valence-corrected chi connectivity index (χ1v) is 9.65. The van der Waals surface area contributed by atoms with Gasteiger partial charge < -0.3 is 9.72 Å². The summed E-state index contributed by atoms with van der Waals surface area (Å²) in [5.74, 6) is -13.0. The lowest BCUT2D eigenvalue weighted by Crippen LogP contribution is -2.23. The Kier molecular flexibility index (Phi) is 4.39. The topological polar surface area (TPSA) is 59.2 Å². The van der Waals surface area contributed by atoms with Crippen molar-refractivity contribution in [2.75, 3.05) is 0 Å². The first-order chi connectivity index (χ1) is 14.7. The number of halogens is 5. The summed E-state index contributed by atoms with van der Waals surface area (Å²) in [5, 5.41) is 0.457. The molecule has 3 aromatic rings. The molecule has 3 aliphatic carbocycles. The second kappa shape index (κ2) is 6.90. The third-order valence-electron chi connectivity index (χ3n) is 6.31. The second-order valence-electron chi connectivity index (χ2n) is 8.09. The van der Waals surface area contributed by atoms with Gasteiger partial charge >= 0.3 is 5.97 Å². The zero-order valence-corrected chi connectivity index (χ0v) is 15.8. The minimum atomic E-state index is -2.38. The van der Waals surface area contributed by atoms with Crippen LogP contribution in [0.3, 0.4) is 0 Å². The standard InChI is InChI=1S/C22H14F5NO3/c23-15-16(24)18(26)20(19(27)17(15)25)31-22(30)13-6-10-2-1-9(7-14(10)28-21(13)29)12-5-8-3-11(12)4-8/h1-2,6-8,11-12H,3-5H2,(H,28,29). The maximum absolute atomic E-state index is 13.8. The highest BCUT2D eigenvalue weighted by atomic mass is 19.2. The highest BCUT2D eigenvalue weighted by Crippen LogP contribution is 2.56. The fourth-order valence-corrected chi connectivity index (χ4v) is 4.69. The average Bonchev–Trinajstić information content (AvgIpc) is 3.34. The van der Waals surface area contributed by atoms with Gasteiger partial charge in [-0.05, 0) is 60.1 Å². The molecule has 9 heteroatoms. The number of nitrogens with one attached hydrogen (secondary N) is 1. The highest BCUT2D eigenvalue weighted by Gasteiger charge is 2.44.